The van der Waals surface area contributed by atoms with Crippen LogP contribution < -0.4 is 16.4 Å². The average molecular weight is 491 g/mol. The van der Waals surface area contributed by atoms with E-state index in [0.717, 1.165) is 55.5 Å². The van der Waals surface area contributed by atoms with Crippen molar-refractivity contribution in [3.05, 3.63) is 72.0 Å². The van der Waals surface area contributed by atoms with E-state index in [9.17, 15) is 0 Å². The van der Waals surface area contributed by atoms with Gasteiger partial charge in [-0.25, -0.2) is 9.97 Å². The van der Waals surface area contributed by atoms with Crippen molar-refractivity contribution in [3.8, 4) is 0 Å². The molecular weight excluding hydrogens is 448 g/mol. The van der Waals surface area contributed by atoms with Gasteiger partial charge in [-0.05, 0) is 55.2 Å². The summed E-state index contributed by atoms with van der Waals surface area (Å²) in [6, 6.07) is 6.62. The van der Waals surface area contributed by atoms with Crippen molar-refractivity contribution >= 4 is 11.5 Å². The molecule has 4 rings (SSSR count). The molecule has 1 aliphatic heterocycles. The quantitative estimate of drug-likeness (QED) is 0.397. The molecule has 1 saturated heterocycles. The van der Waals surface area contributed by atoms with Gasteiger partial charge in [0.25, 0.3) is 0 Å². The van der Waals surface area contributed by atoms with Crippen LogP contribution >= 0.6 is 0 Å². The zero-order valence-electron chi connectivity index (χ0n) is 22.7. The molecule has 8 nitrogen and oxygen atoms in total. The van der Waals surface area contributed by atoms with Crippen LogP contribution in [-0.4, -0.2) is 37.1 Å². The highest BCUT2D eigenvalue weighted by Gasteiger charge is 2.25. The SMILES string of the molecule is C=C(NC(Nc1cc(C(C)(C)C)ccc1C)c1c(N)ncn1C)N1CCC(Cn2ccnc2C)CC1. The van der Waals surface area contributed by atoms with Crippen molar-refractivity contribution in [1.82, 2.24) is 29.3 Å². The standard InChI is InChI=1S/C28H42N8/c1-19-8-9-23(28(4,5)6)16-24(19)33-27(25-26(29)31-18-34(25)7)32-21(3)35-13-10-22(11-14-35)17-36-15-12-30-20(36)2/h8-9,12,15-16,18,22,27,32-33H,3,10-11,13-14,17,29H2,1-2,4-7H3. The Bertz CT molecular complexity index is 1170. The highest BCUT2D eigenvalue weighted by atomic mass is 15.3. The van der Waals surface area contributed by atoms with Gasteiger partial charge in [0.2, 0.25) is 0 Å². The second-order valence-electron chi connectivity index (χ2n) is 11.1. The molecule has 3 aromatic rings. The number of nitrogens with one attached hydrogen (secondary N) is 2. The van der Waals surface area contributed by atoms with E-state index in [-0.39, 0.29) is 11.6 Å². The molecule has 4 N–H and O–H groups in total. The lowest BCUT2D eigenvalue weighted by Gasteiger charge is -2.37. The molecule has 0 aliphatic carbocycles. The van der Waals surface area contributed by atoms with Gasteiger partial charge < -0.3 is 30.4 Å². The van der Waals surface area contributed by atoms with Crippen LogP contribution in [0.25, 0.3) is 0 Å². The molecule has 8 heteroatoms. The number of anilines is 2. The summed E-state index contributed by atoms with van der Waals surface area (Å²) in [4.78, 5) is 11.0. The zero-order valence-corrected chi connectivity index (χ0v) is 22.7. The lowest BCUT2D eigenvalue weighted by atomic mass is 9.86. The summed E-state index contributed by atoms with van der Waals surface area (Å²) < 4.78 is 4.22. The van der Waals surface area contributed by atoms with E-state index in [4.69, 9.17) is 5.73 Å². The Morgan fingerprint density at radius 2 is 1.92 bits per heavy atom. The number of nitrogens with zero attached hydrogens (tertiary/aromatic N) is 5. The maximum Gasteiger partial charge on any atom is 0.149 e. The van der Waals surface area contributed by atoms with Gasteiger partial charge in [0.05, 0.1) is 12.1 Å². The van der Waals surface area contributed by atoms with Crippen molar-refractivity contribution in [2.24, 2.45) is 13.0 Å². The molecule has 0 spiro atoms. The van der Waals surface area contributed by atoms with Crippen molar-refractivity contribution in [1.29, 1.82) is 0 Å². The number of hydrogen-bond acceptors (Lipinski definition) is 6. The second-order valence-corrected chi connectivity index (χ2v) is 11.1. The normalized spacial score (nSPS) is 15.7. The van der Waals surface area contributed by atoms with Crippen LogP contribution in [0.3, 0.4) is 0 Å². The van der Waals surface area contributed by atoms with Crippen molar-refractivity contribution < 1.29 is 0 Å². The first-order chi connectivity index (χ1) is 17.0. The molecular formula is C28H42N8. The molecule has 1 fully saturated rings. The second kappa shape index (κ2) is 10.3. The van der Waals surface area contributed by atoms with E-state index in [0.29, 0.717) is 11.7 Å². The van der Waals surface area contributed by atoms with Gasteiger partial charge in [-0.2, -0.15) is 0 Å². The summed E-state index contributed by atoms with van der Waals surface area (Å²) in [7, 11) is 1.97. The van der Waals surface area contributed by atoms with Crippen LogP contribution in [0.15, 0.2) is 49.3 Å². The van der Waals surface area contributed by atoms with Gasteiger partial charge in [-0.3, -0.25) is 0 Å². The summed E-state index contributed by atoms with van der Waals surface area (Å²) in [6.07, 6.45) is 7.69. The van der Waals surface area contributed by atoms with E-state index in [1.807, 2.05) is 17.8 Å². The third kappa shape index (κ3) is 5.69. The minimum atomic E-state index is -0.273. The van der Waals surface area contributed by atoms with Crippen molar-refractivity contribution in [2.45, 2.75) is 65.6 Å². The Hall–Kier alpha value is -3.42. The number of nitrogens with two attached hydrogens (primary N) is 1. The first-order valence-electron chi connectivity index (χ1n) is 12.9. The molecule has 1 aromatic carbocycles. The number of aromatic nitrogens is 4. The Kier molecular flexibility index (Phi) is 7.33. The molecule has 1 unspecified atom stereocenters. The Balaban J connectivity index is 1.48. The lowest BCUT2D eigenvalue weighted by Crippen LogP contribution is -2.41. The predicted octanol–water partition coefficient (Wildman–Crippen LogP) is 4.70. The van der Waals surface area contributed by atoms with Gasteiger partial charge in [-0.15, -0.1) is 0 Å². The topological polar surface area (TPSA) is 89.0 Å². The molecule has 0 radical (unpaired) electrons. The Labute approximate surface area is 215 Å². The zero-order chi connectivity index (χ0) is 26.0. The number of nitrogen functional groups attached to an aromatic ring is 1. The van der Waals surface area contributed by atoms with Crippen LogP contribution in [0, 0.1) is 19.8 Å². The molecule has 0 saturated carbocycles. The highest BCUT2D eigenvalue weighted by molar-refractivity contribution is 5.56. The molecule has 1 aliphatic rings. The Morgan fingerprint density at radius 3 is 2.50 bits per heavy atom. The number of benzene rings is 1. The fourth-order valence-corrected chi connectivity index (χ4v) is 4.90. The van der Waals surface area contributed by atoms with Gasteiger partial charge >= 0.3 is 0 Å². The summed E-state index contributed by atoms with van der Waals surface area (Å²) >= 11 is 0. The van der Waals surface area contributed by atoms with Gasteiger partial charge in [-0.1, -0.05) is 39.5 Å². The van der Waals surface area contributed by atoms with Gasteiger partial charge in [0.1, 0.15) is 23.5 Å². The maximum absolute atomic E-state index is 6.32. The minimum Gasteiger partial charge on any atom is -0.382 e. The number of aryl methyl sites for hydroxylation is 3. The van der Waals surface area contributed by atoms with E-state index in [2.05, 4.69) is 95.7 Å². The van der Waals surface area contributed by atoms with Crippen molar-refractivity contribution in [3.63, 3.8) is 0 Å². The largest absolute Gasteiger partial charge is 0.382 e. The molecule has 0 amide bonds. The van der Waals surface area contributed by atoms with Crippen LogP contribution in [0.1, 0.15) is 62.4 Å². The maximum atomic E-state index is 6.32. The molecule has 1 atom stereocenters. The first-order valence-corrected chi connectivity index (χ1v) is 12.9. The summed E-state index contributed by atoms with van der Waals surface area (Å²) in [5, 5.41) is 7.35. The van der Waals surface area contributed by atoms with Gasteiger partial charge in [0.15, 0.2) is 0 Å². The third-order valence-corrected chi connectivity index (χ3v) is 7.38. The van der Waals surface area contributed by atoms with E-state index in [1.165, 1.54) is 11.1 Å². The summed E-state index contributed by atoms with van der Waals surface area (Å²) in [6.45, 7) is 18.3. The van der Waals surface area contributed by atoms with E-state index in [1.54, 1.807) is 6.33 Å². The fraction of sp³-hybridized carbons (Fsp3) is 0.500. The number of likely N-dealkylation sites (tertiary alicyclic amines) is 1. The monoisotopic (exact) mass is 490 g/mol. The smallest absolute Gasteiger partial charge is 0.149 e. The van der Waals surface area contributed by atoms with Crippen LogP contribution in [-0.2, 0) is 19.0 Å². The number of hydrogen-bond donors (Lipinski definition) is 3. The highest BCUT2D eigenvalue weighted by Crippen LogP contribution is 2.30. The number of piperidine rings is 1. The van der Waals surface area contributed by atoms with E-state index >= 15 is 0 Å². The number of rotatable bonds is 8. The molecule has 36 heavy (non-hydrogen) atoms. The molecule has 3 heterocycles. The molecule has 0 bridgehead atoms. The fourth-order valence-electron chi connectivity index (χ4n) is 4.90. The van der Waals surface area contributed by atoms with Crippen LogP contribution in [0.4, 0.5) is 11.5 Å². The lowest BCUT2D eigenvalue weighted by molar-refractivity contribution is 0.198. The first kappa shape index (κ1) is 25.7. The number of imidazole rings is 2. The van der Waals surface area contributed by atoms with E-state index < -0.39 is 0 Å². The minimum absolute atomic E-state index is 0.0573. The van der Waals surface area contributed by atoms with Gasteiger partial charge in [0, 0.05) is 44.8 Å². The third-order valence-electron chi connectivity index (χ3n) is 7.38. The summed E-state index contributed by atoms with van der Waals surface area (Å²) in [5.41, 5.74) is 10.8. The van der Waals surface area contributed by atoms with Crippen molar-refractivity contribution in [2.75, 3.05) is 24.1 Å². The average Bonchev–Trinajstić information content (AvgIpc) is 3.38. The van der Waals surface area contributed by atoms with Crippen LogP contribution in [0.5, 0.6) is 0 Å². The molecule has 2 aromatic heterocycles. The summed E-state index contributed by atoms with van der Waals surface area (Å²) in [5.74, 6) is 3.13. The predicted molar refractivity (Wildman–Crippen MR) is 147 cm³/mol. The van der Waals surface area contributed by atoms with Crippen LogP contribution in [0.2, 0.25) is 0 Å². The molecule has 194 valence electrons. The Morgan fingerprint density at radius 1 is 1.19 bits per heavy atom.